The van der Waals surface area contributed by atoms with Crippen LogP contribution in [0.3, 0.4) is 0 Å². The predicted molar refractivity (Wildman–Crippen MR) is 56.1 cm³/mol. The molecule has 1 aromatic carbocycles. The fourth-order valence-corrected chi connectivity index (χ4v) is 1.94. The molecule has 1 fully saturated rings. The van der Waals surface area contributed by atoms with E-state index in [4.69, 9.17) is 0 Å². The first kappa shape index (κ1) is 10.1. The third-order valence-electron chi connectivity index (χ3n) is 2.80. The van der Waals surface area contributed by atoms with Crippen LogP contribution in [0, 0.1) is 5.82 Å². The minimum absolute atomic E-state index is 0.0955. The van der Waals surface area contributed by atoms with E-state index in [1.54, 1.807) is 0 Å². The zero-order valence-electron chi connectivity index (χ0n) is 8.50. The van der Waals surface area contributed by atoms with Gasteiger partial charge in [0.15, 0.2) is 0 Å². The van der Waals surface area contributed by atoms with Crippen LogP contribution in [-0.4, -0.2) is 11.9 Å². The molecule has 0 radical (unpaired) electrons. The Bertz CT molecular complexity index is 341. The molecule has 1 amide bonds. The highest BCUT2D eigenvalue weighted by molar-refractivity contribution is 5.94. The van der Waals surface area contributed by atoms with Crippen molar-refractivity contribution in [2.24, 2.45) is 0 Å². The van der Waals surface area contributed by atoms with Crippen molar-refractivity contribution in [3.8, 4) is 0 Å². The monoisotopic (exact) mass is 207 g/mol. The normalized spacial score (nSPS) is 16.6. The quantitative estimate of drug-likeness (QED) is 0.793. The van der Waals surface area contributed by atoms with Gasteiger partial charge in [0.25, 0.3) is 5.91 Å². The van der Waals surface area contributed by atoms with Crippen LogP contribution in [0.25, 0.3) is 0 Å². The van der Waals surface area contributed by atoms with Gasteiger partial charge in [-0.15, -0.1) is 0 Å². The predicted octanol–water partition coefficient (Wildman–Crippen LogP) is 2.50. The molecule has 2 rings (SSSR count). The van der Waals surface area contributed by atoms with Crippen molar-refractivity contribution in [2.45, 2.75) is 31.7 Å². The zero-order chi connectivity index (χ0) is 10.7. The fraction of sp³-hybridized carbons (Fsp3) is 0.417. The van der Waals surface area contributed by atoms with E-state index in [1.807, 2.05) is 0 Å². The SMILES string of the molecule is O=C(NC1CCCC1)c1ccc(F)cc1. The maximum atomic E-state index is 12.6. The molecule has 1 aliphatic rings. The smallest absolute Gasteiger partial charge is 0.251 e. The minimum atomic E-state index is -0.313. The second kappa shape index (κ2) is 4.43. The number of carbonyl (C=O) groups excluding carboxylic acids is 1. The molecule has 0 heterocycles. The summed E-state index contributed by atoms with van der Waals surface area (Å²) in [7, 11) is 0. The maximum Gasteiger partial charge on any atom is 0.251 e. The van der Waals surface area contributed by atoms with E-state index < -0.39 is 0 Å². The Labute approximate surface area is 88.5 Å². The molecule has 0 saturated heterocycles. The van der Waals surface area contributed by atoms with Crippen molar-refractivity contribution in [3.05, 3.63) is 35.6 Å². The van der Waals surface area contributed by atoms with Crippen LogP contribution >= 0.6 is 0 Å². The summed E-state index contributed by atoms with van der Waals surface area (Å²) in [6.07, 6.45) is 4.50. The molecule has 80 valence electrons. The van der Waals surface area contributed by atoms with E-state index in [0.717, 1.165) is 12.8 Å². The number of hydrogen-bond donors (Lipinski definition) is 1. The van der Waals surface area contributed by atoms with Crippen molar-refractivity contribution < 1.29 is 9.18 Å². The van der Waals surface area contributed by atoms with Crippen LogP contribution in [0.1, 0.15) is 36.0 Å². The zero-order valence-corrected chi connectivity index (χ0v) is 8.50. The molecule has 0 bridgehead atoms. The first-order chi connectivity index (χ1) is 7.25. The van der Waals surface area contributed by atoms with E-state index in [-0.39, 0.29) is 11.7 Å². The van der Waals surface area contributed by atoms with Crippen molar-refractivity contribution in [2.75, 3.05) is 0 Å². The number of hydrogen-bond acceptors (Lipinski definition) is 1. The number of carbonyl (C=O) groups is 1. The van der Waals surface area contributed by atoms with E-state index in [9.17, 15) is 9.18 Å². The molecule has 2 nitrogen and oxygen atoms in total. The molecule has 1 aromatic rings. The van der Waals surface area contributed by atoms with Gasteiger partial charge in [0.2, 0.25) is 0 Å². The van der Waals surface area contributed by atoms with Crippen LogP contribution in [0.2, 0.25) is 0 Å². The summed E-state index contributed by atoms with van der Waals surface area (Å²) < 4.78 is 12.6. The van der Waals surface area contributed by atoms with Gasteiger partial charge in [-0.05, 0) is 37.1 Å². The highest BCUT2D eigenvalue weighted by atomic mass is 19.1. The third-order valence-corrected chi connectivity index (χ3v) is 2.80. The van der Waals surface area contributed by atoms with Crippen LogP contribution < -0.4 is 5.32 Å². The summed E-state index contributed by atoms with van der Waals surface area (Å²) in [5, 5.41) is 2.95. The lowest BCUT2D eigenvalue weighted by Crippen LogP contribution is -2.32. The molecular weight excluding hydrogens is 193 g/mol. The second-order valence-corrected chi connectivity index (χ2v) is 3.96. The number of nitrogens with one attached hydrogen (secondary N) is 1. The second-order valence-electron chi connectivity index (χ2n) is 3.96. The Hall–Kier alpha value is -1.38. The van der Waals surface area contributed by atoms with Gasteiger partial charge in [0.05, 0.1) is 0 Å². The standard InChI is InChI=1S/C12H14FNO/c13-10-7-5-9(6-8-10)12(15)14-11-3-1-2-4-11/h5-8,11H,1-4H2,(H,14,15). The third kappa shape index (κ3) is 2.55. The number of rotatable bonds is 2. The Balaban J connectivity index is 1.98. The van der Waals surface area contributed by atoms with Gasteiger partial charge in [0, 0.05) is 11.6 Å². The highest BCUT2D eigenvalue weighted by Crippen LogP contribution is 2.18. The van der Waals surface area contributed by atoms with Crippen molar-refractivity contribution in [3.63, 3.8) is 0 Å². The lowest BCUT2D eigenvalue weighted by molar-refractivity contribution is 0.0938. The average molecular weight is 207 g/mol. The average Bonchev–Trinajstić information content (AvgIpc) is 2.71. The number of halogens is 1. The first-order valence-corrected chi connectivity index (χ1v) is 5.32. The molecule has 0 aromatic heterocycles. The van der Waals surface area contributed by atoms with Crippen LogP contribution in [0.5, 0.6) is 0 Å². The van der Waals surface area contributed by atoms with Gasteiger partial charge in [-0.3, -0.25) is 4.79 Å². The van der Waals surface area contributed by atoms with Crippen molar-refractivity contribution in [1.29, 1.82) is 0 Å². The molecule has 0 aliphatic heterocycles. The van der Waals surface area contributed by atoms with E-state index in [1.165, 1.54) is 37.1 Å². The molecule has 1 saturated carbocycles. The largest absolute Gasteiger partial charge is 0.349 e. The Morgan fingerprint density at radius 2 is 1.80 bits per heavy atom. The molecule has 1 N–H and O–H groups in total. The van der Waals surface area contributed by atoms with Gasteiger partial charge >= 0.3 is 0 Å². The minimum Gasteiger partial charge on any atom is -0.349 e. The van der Waals surface area contributed by atoms with Gasteiger partial charge in [0.1, 0.15) is 5.82 Å². The summed E-state index contributed by atoms with van der Waals surface area (Å²) in [5.41, 5.74) is 0.531. The number of amides is 1. The summed E-state index contributed by atoms with van der Waals surface area (Å²) in [4.78, 5) is 11.7. The Morgan fingerprint density at radius 1 is 1.20 bits per heavy atom. The van der Waals surface area contributed by atoms with Gasteiger partial charge in [-0.2, -0.15) is 0 Å². The topological polar surface area (TPSA) is 29.1 Å². The molecular formula is C12H14FNO. The lowest BCUT2D eigenvalue weighted by atomic mass is 10.2. The lowest BCUT2D eigenvalue weighted by Gasteiger charge is -2.11. The fourth-order valence-electron chi connectivity index (χ4n) is 1.94. The van der Waals surface area contributed by atoms with Crippen molar-refractivity contribution >= 4 is 5.91 Å². The molecule has 0 atom stereocenters. The van der Waals surface area contributed by atoms with E-state index in [0.29, 0.717) is 11.6 Å². The van der Waals surface area contributed by atoms with E-state index >= 15 is 0 Å². The van der Waals surface area contributed by atoms with Gasteiger partial charge in [-0.1, -0.05) is 12.8 Å². The Morgan fingerprint density at radius 3 is 2.40 bits per heavy atom. The highest BCUT2D eigenvalue weighted by Gasteiger charge is 2.17. The summed E-state index contributed by atoms with van der Waals surface area (Å²) >= 11 is 0. The number of benzene rings is 1. The van der Waals surface area contributed by atoms with Gasteiger partial charge in [-0.25, -0.2) is 4.39 Å². The van der Waals surface area contributed by atoms with Crippen LogP contribution in [-0.2, 0) is 0 Å². The molecule has 3 heteroatoms. The summed E-state index contributed by atoms with van der Waals surface area (Å²) in [6.45, 7) is 0. The van der Waals surface area contributed by atoms with Gasteiger partial charge < -0.3 is 5.32 Å². The van der Waals surface area contributed by atoms with Crippen molar-refractivity contribution in [1.82, 2.24) is 5.32 Å². The molecule has 0 spiro atoms. The van der Waals surface area contributed by atoms with Crippen LogP contribution in [0.4, 0.5) is 4.39 Å². The molecule has 15 heavy (non-hydrogen) atoms. The first-order valence-electron chi connectivity index (χ1n) is 5.32. The molecule has 0 unspecified atom stereocenters. The van der Waals surface area contributed by atoms with E-state index in [2.05, 4.69) is 5.32 Å². The molecule has 1 aliphatic carbocycles. The maximum absolute atomic E-state index is 12.6. The van der Waals surface area contributed by atoms with Crippen LogP contribution in [0.15, 0.2) is 24.3 Å². The summed E-state index contributed by atoms with van der Waals surface area (Å²) in [6, 6.07) is 5.95. The Kier molecular flexibility index (Phi) is 2.99. The summed E-state index contributed by atoms with van der Waals surface area (Å²) in [5.74, 6) is -0.408.